The molecule has 6 nitrogen and oxygen atoms in total. The van der Waals surface area contributed by atoms with E-state index in [1.165, 1.54) is 4.31 Å². The Labute approximate surface area is 174 Å². The Kier molecular flexibility index (Phi) is 6.74. The van der Waals surface area contributed by atoms with Crippen molar-refractivity contribution in [3.05, 3.63) is 64.6 Å². The van der Waals surface area contributed by atoms with Crippen LogP contribution in [0.15, 0.2) is 59.1 Å². The van der Waals surface area contributed by atoms with Crippen molar-refractivity contribution in [3.8, 4) is 5.75 Å². The lowest BCUT2D eigenvalue weighted by atomic mass is 10.2. The zero-order valence-corrected chi connectivity index (χ0v) is 18.0. The monoisotopic (exact) mass is 466 g/mol. The first-order chi connectivity index (χ1) is 13.3. The standard InChI is InChI=1S/C20H23BrN2O4S/c1-16(27-19-9-7-18(21)8-10-19)20(24)22-11-13-23(14-12-22)28(25,26)15-17-5-3-2-4-6-17/h2-10,16H,11-15H2,1H3. The number of carbonyl (C=O) groups excluding carboxylic acids is 1. The Bertz CT molecular complexity index is 896. The van der Waals surface area contributed by atoms with Crippen LogP contribution >= 0.6 is 15.9 Å². The molecule has 3 rings (SSSR count). The fraction of sp³-hybridized carbons (Fsp3) is 0.350. The second kappa shape index (κ2) is 9.07. The summed E-state index contributed by atoms with van der Waals surface area (Å²) in [6.45, 7) is 3.03. The largest absolute Gasteiger partial charge is 0.481 e. The number of amides is 1. The van der Waals surface area contributed by atoms with Crippen LogP contribution in [0.25, 0.3) is 0 Å². The highest BCUT2D eigenvalue weighted by atomic mass is 79.9. The summed E-state index contributed by atoms with van der Waals surface area (Å²) in [5, 5.41) is 0. The molecule has 150 valence electrons. The summed E-state index contributed by atoms with van der Waals surface area (Å²) < 4.78 is 33.4. The van der Waals surface area contributed by atoms with Crippen LogP contribution in [-0.2, 0) is 20.6 Å². The summed E-state index contributed by atoms with van der Waals surface area (Å²) in [5.74, 6) is 0.460. The summed E-state index contributed by atoms with van der Waals surface area (Å²) in [7, 11) is -3.40. The smallest absolute Gasteiger partial charge is 0.263 e. The highest BCUT2D eigenvalue weighted by Gasteiger charge is 2.31. The van der Waals surface area contributed by atoms with Gasteiger partial charge in [0.15, 0.2) is 6.10 Å². The van der Waals surface area contributed by atoms with Gasteiger partial charge in [0.05, 0.1) is 5.75 Å². The van der Waals surface area contributed by atoms with Gasteiger partial charge in [-0.1, -0.05) is 46.3 Å². The van der Waals surface area contributed by atoms with E-state index < -0.39 is 16.1 Å². The van der Waals surface area contributed by atoms with Gasteiger partial charge in [-0.3, -0.25) is 4.79 Å². The number of ether oxygens (including phenoxy) is 1. The number of piperazine rings is 1. The van der Waals surface area contributed by atoms with Crippen LogP contribution in [0.4, 0.5) is 0 Å². The minimum atomic E-state index is -3.40. The summed E-state index contributed by atoms with van der Waals surface area (Å²) >= 11 is 3.36. The first-order valence-corrected chi connectivity index (χ1v) is 11.5. The van der Waals surface area contributed by atoms with Crippen LogP contribution < -0.4 is 4.74 Å². The molecule has 0 saturated carbocycles. The van der Waals surface area contributed by atoms with Crippen molar-refractivity contribution in [2.24, 2.45) is 0 Å². The normalized spacial score (nSPS) is 16.6. The van der Waals surface area contributed by atoms with E-state index in [0.29, 0.717) is 31.9 Å². The van der Waals surface area contributed by atoms with Crippen molar-refractivity contribution in [1.29, 1.82) is 0 Å². The number of carbonyl (C=O) groups is 1. The fourth-order valence-corrected chi connectivity index (χ4v) is 4.87. The number of sulfonamides is 1. The molecular weight excluding hydrogens is 444 g/mol. The number of rotatable bonds is 6. The summed E-state index contributed by atoms with van der Waals surface area (Å²) in [5.41, 5.74) is 0.762. The van der Waals surface area contributed by atoms with Crippen molar-refractivity contribution < 1.29 is 17.9 Å². The van der Waals surface area contributed by atoms with E-state index in [4.69, 9.17) is 4.74 Å². The van der Waals surface area contributed by atoms with Crippen molar-refractivity contribution in [2.45, 2.75) is 18.8 Å². The minimum absolute atomic E-state index is 0.0229. The SMILES string of the molecule is CC(Oc1ccc(Br)cc1)C(=O)N1CCN(S(=O)(=O)Cc2ccccc2)CC1. The van der Waals surface area contributed by atoms with E-state index in [0.717, 1.165) is 10.0 Å². The predicted octanol–water partition coefficient (Wildman–Crippen LogP) is 2.89. The quantitative estimate of drug-likeness (QED) is 0.656. The molecule has 1 atom stereocenters. The average Bonchev–Trinajstić information content (AvgIpc) is 2.69. The van der Waals surface area contributed by atoms with Gasteiger partial charge in [-0.05, 0) is 36.8 Å². The van der Waals surface area contributed by atoms with Crippen molar-refractivity contribution in [3.63, 3.8) is 0 Å². The third kappa shape index (κ3) is 5.33. The maximum absolute atomic E-state index is 12.6. The molecular formula is C20H23BrN2O4S. The third-order valence-electron chi connectivity index (χ3n) is 4.61. The van der Waals surface area contributed by atoms with Gasteiger partial charge in [-0.2, -0.15) is 4.31 Å². The van der Waals surface area contributed by atoms with E-state index in [-0.39, 0.29) is 11.7 Å². The molecule has 1 amide bonds. The Morgan fingerprint density at radius 2 is 1.64 bits per heavy atom. The molecule has 8 heteroatoms. The second-order valence-corrected chi connectivity index (χ2v) is 9.56. The van der Waals surface area contributed by atoms with Gasteiger partial charge >= 0.3 is 0 Å². The number of hydrogen-bond acceptors (Lipinski definition) is 4. The van der Waals surface area contributed by atoms with Crippen LogP contribution in [0.2, 0.25) is 0 Å². The van der Waals surface area contributed by atoms with E-state index in [1.807, 2.05) is 30.3 Å². The summed E-state index contributed by atoms with van der Waals surface area (Å²) in [4.78, 5) is 14.3. The molecule has 1 aliphatic rings. The van der Waals surface area contributed by atoms with Crippen LogP contribution in [0.5, 0.6) is 5.75 Å². The molecule has 1 saturated heterocycles. The van der Waals surface area contributed by atoms with Gasteiger partial charge in [0.2, 0.25) is 10.0 Å². The Hall–Kier alpha value is -1.90. The zero-order chi connectivity index (χ0) is 20.1. The molecule has 2 aromatic rings. The molecule has 0 spiro atoms. The fourth-order valence-electron chi connectivity index (χ4n) is 3.09. The Balaban J connectivity index is 1.54. The zero-order valence-electron chi connectivity index (χ0n) is 15.6. The van der Waals surface area contributed by atoms with E-state index in [9.17, 15) is 13.2 Å². The number of halogens is 1. The minimum Gasteiger partial charge on any atom is -0.481 e. The molecule has 2 aromatic carbocycles. The predicted molar refractivity (Wildman–Crippen MR) is 111 cm³/mol. The van der Waals surface area contributed by atoms with Gasteiger partial charge in [-0.15, -0.1) is 0 Å². The van der Waals surface area contributed by atoms with Gasteiger partial charge < -0.3 is 9.64 Å². The molecule has 0 aliphatic carbocycles. The van der Waals surface area contributed by atoms with E-state index in [2.05, 4.69) is 15.9 Å². The lowest BCUT2D eigenvalue weighted by Crippen LogP contribution is -2.53. The molecule has 0 N–H and O–H groups in total. The molecule has 0 aromatic heterocycles. The number of nitrogens with zero attached hydrogens (tertiary/aromatic N) is 2. The lowest BCUT2D eigenvalue weighted by Gasteiger charge is -2.35. The van der Waals surface area contributed by atoms with Crippen molar-refractivity contribution >= 4 is 31.9 Å². The van der Waals surface area contributed by atoms with Gasteiger partial charge in [-0.25, -0.2) is 8.42 Å². The molecule has 0 radical (unpaired) electrons. The first kappa shape index (κ1) is 20.8. The van der Waals surface area contributed by atoms with Crippen LogP contribution in [0.3, 0.4) is 0 Å². The molecule has 1 unspecified atom stereocenters. The Morgan fingerprint density at radius 1 is 1.04 bits per heavy atom. The average molecular weight is 467 g/mol. The van der Waals surface area contributed by atoms with Crippen LogP contribution in [0.1, 0.15) is 12.5 Å². The number of hydrogen-bond donors (Lipinski definition) is 0. The van der Waals surface area contributed by atoms with Crippen molar-refractivity contribution in [1.82, 2.24) is 9.21 Å². The second-order valence-electron chi connectivity index (χ2n) is 6.68. The van der Waals surface area contributed by atoms with Gasteiger partial charge in [0, 0.05) is 30.7 Å². The highest BCUT2D eigenvalue weighted by molar-refractivity contribution is 9.10. The Morgan fingerprint density at radius 3 is 2.25 bits per heavy atom. The van der Waals surface area contributed by atoms with Crippen LogP contribution in [-0.4, -0.2) is 55.8 Å². The summed E-state index contributed by atoms with van der Waals surface area (Å²) in [6.07, 6.45) is -0.631. The van der Waals surface area contributed by atoms with Crippen LogP contribution in [0, 0.1) is 0 Å². The summed E-state index contributed by atoms with van der Waals surface area (Å²) in [6, 6.07) is 16.4. The van der Waals surface area contributed by atoms with Gasteiger partial charge in [0.1, 0.15) is 5.75 Å². The highest BCUT2D eigenvalue weighted by Crippen LogP contribution is 2.19. The number of benzene rings is 2. The maximum Gasteiger partial charge on any atom is 0.263 e. The molecule has 1 heterocycles. The first-order valence-electron chi connectivity index (χ1n) is 9.08. The third-order valence-corrected chi connectivity index (χ3v) is 6.99. The topological polar surface area (TPSA) is 66.9 Å². The lowest BCUT2D eigenvalue weighted by molar-refractivity contribution is -0.139. The van der Waals surface area contributed by atoms with Crippen molar-refractivity contribution in [2.75, 3.05) is 26.2 Å². The molecule has 1 fully saturated rings. The molecule has 0 bridgehead atoms. The van der Waals surface area contributed by atoms with E-state index >= 15 is 0 Å². The van der Waals surface area contributed by atoms with Gasteiger partial charge in [0.25, 0.3) is 5.91 Å². The molecule has 1 aliphatic heterocycles. The van der Waals surface area contributed by atoms with E-state index in [1.54, 1.807) is 36.1 Å². The molecule has 28 heavy (non-hydrogen) atoms. The maximum atomic E-state index is 12.6.